The maximum absolute atomic E-state index is 12.5. The van der Waals surface area contributed by atoms with Crippen molar-refractivity contribution in [1.29, 1.82) is 0 Å². The minimum absolute atomic E-state index is 0.0324. The molecule has 2 amide bonds. The summed E-state index contributed by atoms with van der Waals surface area (Å²) in [5, 5.41) is 5.62. The Morgan fingerprint density at radius 1 is 1.23 bits per heavy atom. The molecule has 0 saturated carbocycles. The zero-order valence-electron chi connectivity index (χ0n) is 16.5. The summed E-state index contributed by atoms with van der Waals surface area (Å²) in [6, 6.07) is 7.74. The van der Waals surface area contributed by atoms with Crippen LogP contribution in [0.5, 0.6) is 0 Å². The van der Waals surface area contributed by atoms with E-state index < -0.39 is 17.7 Å². The normalized spacial score (nSPS) is 14.8. The van der Waals surface area contributed by atoms with Gasteiger partial charge in [-0.05, 0) is 44.7 Å². The van der Waals surface area contributed by atoms with Crippen LogP contribution < -0.4 is 15.5 Å². The van der Waals surface area contributed by atoms with Crippen LogP contribution in [-0.4, -0.2) is 43.3 Å². The van der Waals surface area contributed by atoms with E-state index in [0.29, 0.717) is 6.54 Å². The highest BCUT2D eigenvalue weighted by molar-refractivity contribution is 5.86. The number of amides is 2. The van der Waals surface area contributed by atoms with E-state index in [1.54, 1.807) is 20.8 Å². The molecule has 1 unspecified atom stereocenters. The fourth-order valence-corrected chi connectivity index (χ4v) is 3.03. The second-order valence-electron chi connectivity index (χ2n) is 8.02. The number of fused-ring (bicyclic) bond motifs is 1. The lowest BCUT2D eigenvalue weighted by molar-refractivity contribution is -0.124. The largest absolute Gasteiger partial charge is 0.444 e. The highest BCUT2D eigenvalue weighted by Crippen LogP contribution is 2.26. The van der Waals surface area contributed by atoms with Gasteiger partial charge in [-0.25, -0.2) is 4.79 Å². The minimum Gasteiger partial charge on any atom is -0.444 e. The number of hydrogen-bond acceptors (Lipinski definition) is 4. The molecule has 1 atom stereocenters. The standard InChI is InChI=1S/C20H31N3O3/c1-14(2)17(22-19(25)26-20(3,4)5)18(24)21-11-13-23-12-10-15-8-6-7-9-16(15)23/h6-9,14,17H,10-13H2,1-5H3,(H,21,24)(H,22,25). The number of benzene rings is 1. The molecule has 1 aliphatic rings. The molecule has 144 valence electrons. The highest BCUT2D eigenvalue weighted by atomic mass is 16.6. The summed E-state index contributed by atoms with van der Waals surface area (Å²) in [5.74, 6) is -0.214. The number of para-hydroxylation sites is 1. The van der Waals surface area contributed by atoms with E-state index in [0.717, 1.165) is 19.5 Å². The van der Waals surface area contributed by atoms with Crippen molar-refractivity contribution in [3.8, 4) is 0 Å². The van der Waals surface area contributed by atoms with Crippen molar-refractivity contribution in [2.75, 3.05) is 24.5 Å². The van der Waals surface area contributed by atoms with Crippen molar-refractivity contribution >= 4 is 17.7 Å². The molecule has 0 bridgehead atoms. The molecule has 0 aliphatic carbocycles. The van der Waals surface area contributed by atoms with Gasteiger partial charge in [-0.1, -0.05) is 32.0 Å². The van der Waals surface area contributed by atoms with Crippen LogP contribution in [0.2, 0.25) is 0 Å². The second-order valence-corrected chi connectivity index (χ2v) is 8.02. The quantitative estimate of drug-likeness (QED) is 0.817. The Balaban J connectivity index is 1.84. The molecule has 1 aromatic rings. The fraction of sp³-hybridized carbons (Fsp3) is 0.600. The predicted octanol–water partition coefficient (Wildman–Crippen LogP) is 2.71. The van der Waals surface area contributed by atoms with Gasteiger partial charge in [0.2, 0.25) is 5.91 Å². The maximum atomic E-state index is 12.5. The zero-order valence-corrected chi connectivity index (χ0v) is 16.5. The third-order valence-corrected chi connectivity index (χ3v) is 4.29. The molecular formula is C20H31N3O3. The van der Waals surface area contributed by atoms with Crippen LogP contribution in [0.25, 0.3) is 0 Å². The Bertz CT molecular complexity index is 637. The molecule has 0 aromatic heterocycles. The summed E-state index contributed by atoms with van der Waals surface area (Å²) in [6.45, 7) is 11.4. The lowest BCUT2D eigenvalue weighted by Gasteiger charge is -2.26. The van der Waals surface area contributed by atoms with Crippen molar-refractivity contribution in [3.63, 3.8) is 0 Å². The van der Waals surface area contributed by atoms with Gasteiger partial charge in [0.1, 0.15) is 11.6 Å². The highest BCUT2D eigenvalue weighted by Gasteiger charge is 2.27. The summed E-state index contributed by atoms with van der Waals surface area (Å²) >= 11 is 0. The third kappa shape index (κ3) is 5.64. The van der Waals surface area contributed by atoms with Crippen molar-refractivity contribution in [1.82, 2.24) is 10.6 Å². The van der Waals surface area contributed by atoms with Gasteiger partial charge in [0.25, 0.3) is 0 Å². The first kappa shape index (κ1) is 20.1. The summed E-state index contributed by atoms with van der Waals surface area (Å²) in [4.78, 5) is 26.8. The lowest BCUT2D eigenvalue weighted by atomic mass is 10.0. The molecule has 1 aromatic carbocycles. The molecule has 1 heterocycles. The Kier molecular flexibility index (Phi) is 6.51. The van der Waals surface area contributed by atoms with E-state index >= 15 is 0 Å². The molecule has 0 spiro atoms. The molecule has 0 radical (unpaired) electrons. The van der Waals surface area contributed by atoms with Crippen LogP contribution in [0.15, 0.2) is 24.3 Å². The first-order valence-electron chi connectivity index (χ1n) is 9.27. The number of anilines is 1. The van der Waals surface area contributed by atoms with Crippen LogP contribution in [0.1, 0.15) is 40.2 Å². The van der Waals surface area contributed by atoms with Crippen LogP contribution in [-0.2, 0) is 16.0 Å². The van der Waals surface area contributed by atoms with Crippen LogP contribution in [0.3, 0.4) is 0 Å². The average Bonchev–Trinajstić information content (AvgIpc) is 2.94. The number of nitrogens with zero attached hydrogens (tertiary/aromatic N) is 1. The number of nitrogens with one attached hydrogen (secondary N) is 2. The van der Waals surface area contributed by atoms with Gasteiger partial charge in [-0.3, -0.25) is 4.79 Å². The van der Waals surface area contributed by atoms with Crippen LogP contribution >= 0.6 is 0 Å². The van der Waals surface area contributed by atoms with Gasteiger partial charge in [0, 0.05) is 25.3 Å². The van der Waals surface area contributed by atoms with Gasteiger partial charge < -0.3 is 20.3 Å². The van der Waals surface area contributed by atoms with Crippen molar-refractivity contribution in [2.45, 2.75) is 52.7 Å². The third-order valence-electron chi connectivity index (χ3n) is 4.29. The SMILES string of the molecule is CC(C)C(NC(=O)OC(C)(C)C)C(=O)NCCN1CCc2ccccc21. The lowest BCUT2D eigenvalue weighted by Crippen LogP contribution is -2.51. The van der Waals surface area contributed by atoms with Gasteiger partial charge in [0.15, 0.2) is 0 Å². The van der Waals surface area contributed by atoms with Gasteiger partial charge in [-0.2, -0.15) is 0 Å². The first-order chi connectivity index (χ1) is 12.2. The first-order valence-corrected chi connectivity index (χ1v) is 9.27. The summed E-state index contributed by atoms with van der Waals surface area (Å²) in [6.07, 6.45) is 0.471. The molecule has 1 aliphatic heterocycles. The number of carbonyl (C=O) groups is 2. The van der Waals surface area contributed by atoms with Crippen molar-refractivity contribution in [3.05, 3.63) is 29.8 Å². The minimum atomic E-state index is -0.615. The summed E-state index contributed by atoms with van der Waals surface area (Å²) < 4.78 is 5.26. The summed E-state index contributed by atoms with van der Waals surface area (Å²) in [7, 11) is 0. The predicted molar refractivity (Wildman–Crippen MR) is 103 cm³/mol. The molecule has 6 heteroatoms. The van der Waals surface area contributed by atoms with E-state index in [9.17, 15) is 9.59 Å². The molecular weight excluding hydrogens is 330 g/mol. The Morgan fingerprint density at radius 2 is 1.92 bits per heavy atom. The van der Waals surface area contributed by atoms with Crippen molar-refractivity contribution in [2.24, 2.45) is 5.92 Å². The zero-order chi connectivity index (χ0) is 19.3. The summed E-state index contributed by atoms with van der Waals surface area (Å²) in [5.41, 5.74) is 2.00. The average molecular weight is 361 g/mol. The molecule has 26 heavy (non-hydrogen) atoms. The topological polar surface area (TPSA) is 70.7 Å². The number of ether oxygens (including phenoxy) is 1. The van der Waals surface area contributed by atoms with E-state index in [1.165, 1.54) is 11.3 Å². The molecule has 6 nitrogen and oxygen atoms in total. The fourth-order valence-electron chi connectivity index (χ4n) is 3.03. The molecule has 0 saturated heterocycles. The van der Waals surface area contributed by atoms with Gasteiger partial charge in [0.05, 0.1) is 0 Å². The number of hydrogen-bond donors (Lipinski definition) is 2. The van der Waals surface area contributed by atoms with Crippen LogP contribution in [0.4, 0.5) is 10.5 Å². The smallest absolute Gasteiger partial charge is 0.408 e. The number of rotatable bonds is 6. The Hall–Kier alpha value is -2.24. The second kappa shape index (κ2) is 8.43. The maximum Gasteiger partial charge on any atom is 0.408 e. The van der Waals surface area contributed by atoms with E-state index in [-0.39, 0.29) is 11.8 Å². The van der Waals surface area contributed by atoms with E-state index in [4.69, 9.17) is 4.74 Å². The number of alkyl carbamates (subject to hydrolysis) is 1. The van der Waals surface area contributed by atoms with E-state index in [2.05, 4.69) is 33.7 Å². The van der Waals surface area contributed by atoms with Crippen molar-refractivity contribution < 1.29 is 14.3 Å². The van der Waals surface area contributed by atoms with Gasteiger partial charge >= 0.3 is 6.09 Å². The monoisotopic (exact) mass is 361 g/mol. The Morgan fingerprint density at radius 3 is 2.58 bits per heavy atom. The number of carbonyl (C=O) groups excluding carboxylic acids is 2. The molecule has 2 rings (SSSR count). The van der Waals surface area contributed by atoms with E-state index in [1.807, 2.05) is 19.9 Å². The molecule has 0 fully saturated rings. The Labute approximate surface area is 156 Å². The van der Waals surface area contributed by atoms with Crippen LogP contribution in [0, 0.1) is 5.92 Å². The molecule has 2 N–H and O–H groups in total. The van der Waals surface area contributed by atoms with Gasteiger partial charge in [-0.15, -0.1) is 0 Å².